The van der Waals surface area contributed by atoms with Gasteiger partial charge in [0.1, 0.15) is 11.5 Å². The van der Waals surface area contributed by atoms with Gasteiger partial charge in [-0.25, -0.2) is 0 Å². The highest BCUT2D eigenvalue weighted by Gasteiger charge is 2.30. The van der Waals surface area contributed by atoms with Crippen molar-refractivity contribution < 1.29 is 18.0 Å². The lowest BCUT2D eigenvalue weighted by atomic mass is 10.1. The van der Waals surface area contributed by atoms with Gasteiger partial charge in [-0.05, 0) is 13.8 Å². The van der Waals surface area contributed by atoms with Crippen LogP contribution in [-0.2, 0) is 4.79 Å². The summed E-state index contributed by atoms with van der Waals surface area (Å²) >= 11 is 4.69. The molecule has 0 spiro atoms. The number of hydrogen-bond donors (Lipinski definition) is 2. The molecule has 0 aliphatic carbocycles. The maximum absolute atomic E-state index is 11.8. The second kappa shape index (κ2) is 4.59. The fourth-order valence-electron chi connectivity index (χ4n) is 0.614. The third kappa shape index (κ3) is 5.00. The molecule has 0 radical (unpaired) electrons. The molecule has 82 valence electrons. The molecule has 0 aromatic heterocycles. The summed E-state index contributed by atoms with van der Waals surface area (Å²) in [7, 11) is 0. The number of carbonyl (C=O) groups is 1. The lowest BCUT2D eigenvalue weighted by Crippen LogP contribution is -2.52. The van der Waals surface area contributed by atoms with Crippen LogP contribution in [0.15, 0.2) is 0 Å². The van der Waals surface area contributed by atoms with Crippen LogP contribution in [0, 0.1) is 0 Å². The Balaban J connectivity index is 4.14. The van der Waals surface area contributed by atoms with Gasteiger partial charge in [-0.3, -0.25) is 4.79 Å². The van der Waals surface area contributed by atoms with Crippen molar-refractivity contribution >= 4 is 23.6 Å². The highest BCUT2D eigenvalue weighted by atomic mass is 32.1. The van der Waals surface area contributed by atoms with Gasteiger partial charge in [-0.1, -0.05) is 12.2 Å². The van der Waals surface area contributed by atoms with Crippen LogP contribution in [0.4, 0.5) is 13.2 Å². The molecule has 0 aliphatic rings. The van der Waals surface area contributed by atoms with Gasteiger partial charge >= 0.3 is 6.18 Å². The van der Waals surface area contributed by atoms with Gasteiger partial charge in [0.25, 0.3) is 0 Å². The van der Waals surface area contributed by atoms with Crippen LogP contribution in [0.3, 0.4) is 0 Å². The van der Waals surface area contributed by atoms with Crippen molar-refractivity contribution in [2.24, 2.45) is 0 Å². The Bertz CT molecular complexity index is 227. The number of halogens is 3. The molecule has 14 heavy (non-hydrogen) atoms. The minimum atomic E-state index is -4.32. The Hall–Kier alpha value is -0.850. The lowest BCUT2D eigenvalue weighted by molar-refractivity contribution is -0.122. The zero-order valence-corrected chi connectivity index (χ0v) is 8.55. The molecular formula is C7H11F3N2OS. The molecule has 0 aromatic rings. The highest BCUT2D eigenvalue weighted by molar-refractivity contribution is 7.80. The van der Waals surface area contributed by atoms with Gasteiger partial charge in [-0.15, -0.1) is 0 Å². The standard InChI is InChI=1S/C7H11F3N2OS/c1-6(2,12-4-13)5(14)11-3-7(8,9)10/h4H,3H2,1-2H3,(H,11,14)(H,12,13). The van der Waals surface area contributed by atoms with Gasteiger partial charge < -0.3 is 10.6 Å². The first kappa shape index (κ1) is 13.2. The Morgan fingerprint density at radius 1 is 1.43 bits per heavy atom. The van der Waals surface area contributed by atoms with E-state index >= 15 is 0 Å². The smallest absolute Gasteiger partial charge is 0.369 e. The average molecular weight is 228 g/mol. The van der Waals surface area contributed by atoms with E-state index in [-0.39, 0.29) is 4.99 Å². The molecule has 0 bridgehead atoms. The molecule has 0 atom stereocenters. The quantitative estimate of drug-likeness (QED) is 0.557. The molecule has 0 unspecified atom stereocenters. The summed E-state index contributed by atoms with van der Waals surface area (Å²) in [6.07, 6.45) is -3.93. The summed E-state index contributed by atoms with van der Waals surface area (Å²) in [5, 5.41) is 4.34. The van der Waals surface area contributed by atoms with E-state index in [4.69, 9.17) is 12.2 Å². The number of hydrogen-bond acceptors (Lipinski definition) is 2. The average Bonchev–Trinajstić information content (AvgIpc) is 1.98. The summed E-state index contributed by atoms with van der Waals surface area (Å²) < 4.78 is 35.3. The van der Waals surface area contributed by atoms with E-state index in [9.17, 15) is 18.0 Å². The Labute approximate surface area is 85.0 Å². The van der Waals surface area contributed by atoms with Crippen molar-refractivity contribution in [3.05, 3.63) is 0 Å². The molecular weight excluding hydrogens is 217 g/mol. The van der Waals surface area contributed by atoms with Gasteiger partial charge in [0.2, 0.25) is 6.41 Å². The van der Waals surface area contributed by atoms with Crippen LogP contribution in [0.1, 0.15) is 13.8 Å². The molecule has 0 saturated heterocycles. The Morgan fingerprint density at radius 2 is 1.93 bits per heavy atom. The summed E-state index contributed by atoms with van der Waals surface area (Å²) in [5.74, 6) is 0. The van der Waals surface area contributed by atoms with Crippen molar-refractivity contribution in [1.29, 1.82) is 0 Å². The summed E-state index contributed by atoms with van der Waals surface area (Å²) in [5.41, 5.74) is -0.970. The van der Waals surface area contributed by atoms with Crippen LogP contribution in [-0.4, -0.2) is 29.7 Å². The fourth-order valence-corrected chi connectivity index (χ4v) is 0.745. The van der Waals surface area contributed by atoms with Crippen LogP contribution in [0.5, 0.6) is 0 Å². The van der Waals surface area contributed by atoms with Crippen LogP contribution in [0.25, 0.3) is 0 Å². The first-order valence-electron chi connectivity index (χ1n) is 3.75. The van der Waals surface area contributed by atoms with Crippen LogP contribution in [0.2, 0.25) is 0 Å². The van der Waals surface area contributed by atoms with E-state index in [2.05, 4.69) is 5.32 Å². The predicted molar refractivity (Wildman–Crippen MR) is 49.9 cm³/mol. The lowest BCUT2D eigenvalue weighted by Gasteiger charge is -2.26. The molecule has 7 heteroatoms. The minimum absolute atomic E-state index is 0.0538. The van der Waals surface area contributed by atoms with Crippen molar-refractivity contribution in [3.63, 3.8) is 0 Å². The third-order valence-electron chi connectivity index (χ3n) is 1.44. The monoisotopic (exact) mass is 228 g/mol. The molecule has 0 rings (SSSR count). The van der Waals surface area contributed by atoms with E-state index < -0.39 is 18.3 Å². The van der Waals surface area contributed by atoms with E-state index in [1.807, 2.05) is 5.32 Å². The van der Waals surface area contributed by atoms with Gasteiger partial charge in [0.05, 0.1) is 5.54 Å². The van der Waals surface area contributed by atoms with Crippen molar-refractivity contribution in [2.45, 2.75) is 25.6 Å². The maximum Gasteiger partial charge on any atom is 0.405 e. The first-order chi connectivity index (χ1) is 6.19. The number of carbonyl (C=O) groups excluding carboxylic acids is 1. The van der Waals surface area contributed by atoms with E-state index in [1.165, 1.54) is 13.8 Å². The molecule has 0 saturated carbocycles. The number of amides is 1. The minimum Gasteiger partial charge on any atom is -0.369 e. The molecule has 0 aliphatic heterocycles. The second-order valence-corrected chi connectivity index (χ2v) is 3.59. The topological polar surface area (TPSA) is 41.1 Å². The summed E-state index contributed by atoms with van der Waals surface area (Å²) in [4.78, 5) is 10.1. The zero-order chi connectivity index (χ0) is 11.4. The zero-order valence-electron chi connectivity index (χ0n) is 7.73. The maximum atomic E-state index is 11.8. The van der Waals surface area contributed by atoms with Gasteiger partial charge in [0, 0.05) is 0 Å². The first-order valence-corrected chi connectivity index (χ1v) is 4.16. The van der Waals surface area contributed by atoms with Crippen molar-refractivity contribution in [1.82, 2.24) is 10.6 Å². The van der Waals surface area contributed by atoms with Crippen molar-refractivity contribution in [3.8, 4) is 0 Å². The van der Waals surface area contributed by atoms with E-state index in [1.54, 1.807) is 0 Å². The Kier molecular flexibility index (Phi) is 4.31. The second-order valence-electron chi connectivity index (χ2n) is 3.19. The van der Waals surface area contributed by atoms with Crippen LogP contribution < -0.4 is 10.6 Å². The molecule has 0 fully saturated rings. The predicted octanol–water partition coefficient (Wildman–Crippen LogP) is 0.990. The van der Waals surface area contributed by atoms with E-state index in [0.29, 0.717) is 6.41 Å². The number of alkyl halides is 3. The number of nitrogens with one attached hydrogen (secondary N) is 2. The SMILES string of the molecule is CC(C)(NC=O)C(=S)NCC(F)(F)F. The molecule has 0 aromatic carbocycles. The number of rotatable bonds is 4. The highest BCUT2D eigenvalue weighted by Crippen LogP contribution is 2.13. The Morgan fingerprint density at radius 3 is 2.29 bits per heavy atom. The number of thiocarbonyl (C=S) groups is 1. The molecule has 0 heterocycles. The van der Waals surface area contributed by atoms with Crippen LogP contribution >= 0.6 is 12.2 Å². The van der Waals surface area contributed by atoms with Gasteiger partial charge in [-0.2, -0.15) is 13.2 Å². The third-order valence-corrected chi connectivity index (χ3v) is 2.09. The molecule has 3 nitrogen and oxygen atoms in total. The molecule has 2 N–H and O–H groups in total. The van der Waals surface area contributed by atoms with Crippen molar-refractivity contribution in [2.75, 3.05) is 6.54 Å². The summed E-state index contributed by atoms with van der Waals surface area (Å²) in [6, 6.07) is 0. The van der Waals surface area contributed by atoms with E-state index in [0.717, 1.165) is 0 Å². The summed E-state index contributed by atoms with van der Waals surface area (Å²) in [6.45, 7) is 1.82. The molecule has 1 amide bonds. The largest absolute Gasteiger partial charge is 0.405 e. The normalized spacial score (nSPS) is 12.1. The van der Waals surface area contributed by atoms with Gasteiger partial charge in [0.15, 0.2) is 0 Å². The fraction of sp³-hybridized carbons (Fsp3) is 0.714.